The van der Waals surface area contributed by atoms with E-state index in [1.807, 2.05) is 42.5 Å². The molecule has 0 N–H and O–H groups in total. The summed E-state index contributed by atoms with van der Waals surface area (Å²) < 4.78 is 9.94. The Morgan fingerprint density at radius 2 is 1.67 bits per heavy atom. The third kappa shape index (κ3) is 2.35. The number of rotatable bonds is 3. The molecule has 92 valence electrons. The van der Waals surface area contributed by atoms with E-state index in [1.165, 1.54) is 14.2 Å². The summed E-state index contributed by atoms with van der Waals surface area (Å²) >= 11 is 0. The van der Waals surface area contributed by atoms with Crippen molar-refractivity contribution < 1.29 is 14.3 Å². The van der Waals surface area contributed by atoms with Crippen molar-refractivity contribution in [3.05, 3.63) is 54.1 Å². The summed E-state index contributed by atoms with van der Waals surface area (Å²) in [5.41, 5.74) is 2.51. The molecular formula is C15H14O3. The molecule has 0 saturated heterocycles. The van der Waals surface area contributed by atoms with Gasteiger partial charge in [0.15, 0.2) is 0 Å². The molecule has 0 aliphatic rings. The highest BCUT2D eigenvalue weighted by atomic mass is 16.5. The molecule has 0 bridgehead atoms. The third-order valence-corrected chi connectivity index (χ3v) is 2.71. The van der Waals surface area contributed by atoms with Gasteiger partial charge in [-0.25, -0.2) is 4.79 Å². The van der Waals surface area contributed by atoms with Crippen LogP contribution in [0.3, 0.4) is 0 Å². The minimum absolute atomic E-state index is 0.397. The van der Waals surface area contributed by atoms with Gasteiger partial charge in [0.1, 0.15) is 11.3 Å². The van der Waals surface area contributed by atoms with Crippen LogP contribution in [0.25, 0.3) is 11.1 Å². The maximum Gasteiger partial charge on any atom is 0.341 e. The summed E-state index contributed by atoms with van der Waals surface area (Å²) in [6.45, 7) is 0. The van der Waals surface area contributed by atoms with Gasteiger partial charge in [0.25, 0.3) is 0 Å². The predicted molar refractivity (Wildman–Crippen MR) is 69.8 cm³/mol. The number of ether oxygens (including phenoxy) is 2. The minimum Gasteiger partial charge on any atom is -0.496 e. The molecule has 0 radical (unpaired) electrons. The molecule has 0 unspecified atom stereocenters. The van der Waals surface area contributed by atoms with Crippen LogP contribution in [0.4, 0.5) is 0 Å². The van der Waals surface area contributed by atoms with Gasteiger partial charge in [0.05, 0.1) is 14.2 Å². The number of hydrogen-bond donors (Lipinski definition) is 0. The van der Waals surface area contributed by atoms with Gasteiger partial charge in [0, 0.05) is 0 Å². The molecule has 2 aromatic carbocycles. The van der Waals surface area contributed by atoms with Gasteiger partial charge < -0.3 is 9.47 Å². The highest BCUT2D eigenvalue weighted by molar-refractivity contribution is 5.93. The molecule has 0 spiro atoms. The van der Waals surface area contributed by atoms with Crippen LogP contribution in [-0.2, 0) is 4.74 Å². The molecule has 0 aliphatic heterocycles. The van der Waals surface area contributed by atoms with E-state index in [-0.39, 0.29) is 0 Å². The molecular weight excluding hydrogens is 228 g/mol. The molecule has 0 aliphatic carbocycles. The monoisotopic (exact) mass is 242 g/mol. The lowest BCUT2D eigenvalue weighted by atomic mass is 10.0. The summed E-state index contributed by atoms with van der Waals surface area (Å²) in [5.74, 6) is 0.120. The normalized spacial score (nSPS) is 9.89. The Hall–Kier alpha value is -2.29. The molecule has 0 amide bonds. The first kappa shape index (κ1) is 12.2. The second-order valence-electron chi connectivity index (χ2n) is 3.77. The highest BCUT2D eigenvalue weighted by Gasteiger charge is 2.13. The zero-order valence-corrected chi connectivity index (χ0v) is 10.3. The summed E-state index contributed by atoms with van der Waals surface area (Å²) in [7, 11) is 2.89. The van der Waals surface area contributed by atoms with Crippen LogP contribution in [0.15, 0.2) is 48.5 Å². The molecule has 3 heteroatoms. The Kier molecular flexibility index (Phi) is 3.63. The van der Waals surface area contributed by atoms with E-state index in [1.54, 1.807) is 6.07 Å². The molecule has 0 aromatic heterocycles. The molecule has 0 fully saturated rings. The quantitative estimate of drug-likeness (QED) is 0.775. The zero-order chi connectivity index (χ0) is 13.0. The number of carbonyl (C=O) groups excluding carboxylic acids is 1. The van der Waals surface area contributed by atoms with Crippen LogP contribution < -0.4 is 4.74 Å². The molecule has 3 nitrogen and oxygen atoms in total. The van der Waals surface area contributed by atoms with Crippen LogP contribution in [0, 0.1) is 0 Å². The fourth-order valence-electron chi connectivity index (χ4n) is 1.78. The van der Waals surface area contributed by atoms with Gasteiger partial charge in [-0.3, -0.25) is 0 Å². The Bertz CT molecular complexity index is 547. The average Bonchev–Trinajstić information content (AvgIpc) is 2.46. The third-order valence-electron chi connectivity index (χ3n) is 2.71. The summed E-state index contributed by atoms with van der Waals surface area (Å²) in [5, 5.41) is 0. The molecule has 0 atom stereocenters. The highest BCUT2D eigenvalue weighted by Crippen LogP contribution is 2.27. The van der Waals surface area contributed by atoms with E-state index < -0.39 is 5.97 Å². The van der Waals surface area contributed by atoms with Crippen molar-refractivity contribution in [2.75, 3.05) is 14.2 Å². The van der Waals surface area contributed by atoms with Crippen LogP contribution in [0.5, 0.6) is 5.75 Å². The summed E-state index contributed by atoms with van der Waals surface area (Å²) in [6, 6.07) is 15.3. The minimum atomic E-state index is -0.397. The molecule has 2 aromatic rings. The van der Waals surface area contributed by atoms with Crippen molar-refractivity contribution in [2.45, 2.75) is 0 Å². The first-order valence-corrected chi connectivity index (χ1v) is 5.58. The van der Waals surface area contributed by atoms with Gasteiger partial charge in [-0.2, -0.15) is 0 Å². The van der Waals surface area contributed by atoms with E-state index in [4.69, 9.17) is 9.47 Å². The van der Waals surface area contributed by atoms with Crippen molar-refractivity contribution in [3.8, 4) is 16.9 Å². The molecule has 18 heavy (non-hydrogen) atoms. The topological polar surface area (TPSA) is 35.5 Å². The van der Waals surface area contributed by atoms with Gasteiger partial charge in [0.2, 0.25) is 0 Å². The number of hydrogen-bond acceptors (Lipinski definition) is 3. The second-order valence-corrected chi connectivity index (χ2v) is 3.77. The summed E-state index contributed by atoms with van der Waals surface area (Å²) in [6.07, 6.45) is 0. The zero-order valence-electron chi connectivity index (χ0n) is 10.3. The smallest absolute Gasteiger partial charge is 0.341 e. The van der Waals surface area contributed by atoms with E-state index in [2.05, 4.69) is 0 Å². The lowest BCUT2D eigenvalue weighted by Gasteiger charge is -2.09. The lowest BCUT2D eigenvalue weighted by molar-refractivity contribution is 0.0597. The fourth-order valence-corrected chi connectivity index (χ4v) is 1.78. The number of methoxy groups -OCH3 is 2. The SMILES string of the molecule is COC(=O)c1ccc(-c2ccccc2)cc1OC. The van der Waals surface area contributed by atoms with E-state index in [9.17, 15) is 4.79 Å². The average molecular weight is 242 g/mol. The molecule has 0 saturated carbocycles. The number of benzene rings is 2. The lowest BCUT2D eigenvalue weighted by Crippen LogP contribution is -2.03. The number of carbonyl (C=O) groups is 1. The van der Waals surface area contributed by atoms with E-state index in [0.717, 1.165) is 11.1 Å². The Morgan fingerprint density at radius 1 is 0.944 bits per heavy atom. The molecule has 2 rings (SSSR count). The van der Waals surface area contributed by atoms with Crippen molar-refractivity contribution >= 4 is 5.97 Å². The van der Waals surface area contributed by atoms with Crippen molar-refractivity contribution in [1.82, 2.24) is 0 Å². The second kappa shape index (κ2) is 5.36. The van der Waals surface area contributed by atoms with Crippen molar-refractivity contribution in [1.29, 1.82) is 0 Å². The van der Waals surface area contributed by atoms with Gasteiger partial charge in [-0.1, -0.05) is 36.4 Å². The Balaban J connectivity index is 2.45. The van der Waals surface area contributed by atoms with Crippen LogP contribution in [0.1, 0.15) is 10.4 Å². The van der Waals surface area contributed by atoms with E-state index >= 15 is 0 Å². The Labute approximate surface area is 106 Å². The van der Waals surface area contributed by atoms with Gasteiger partial charge in [-0.15, -0.1) is 0 Å². The number of esters is 1. The van der Waals surface area contributed by atoms with Crippen molar-refractivity contribution in [3.63, 3.8) is 0 Å². The summed E-state index contributed by atoms with van der Waals surface area (Å²) in [4.78, 5) is 11.5. The van der Waals surface area contributed by atoms with Gasteiger partial charge >= 0.3 is 5.97 Å². The maximum atomic E-state index is 11.5. The van der Waals surface area contributed by atoms with Crippen LogP contribution in [0.2, 0.25) is 0 Å². The largest absolute Gasteiger partial charge is 0.496 e. The molecule has 0 heterocycles. The van der Waals surface area contributed by atoms with Crippen LogP contribution in [-0.4, -0.2) is 20.2 Å². The first-order valence-electron chi connectivity index (χ1n) is 5.58. The van der Waals surface area contributed by atoms with Crippen LogP contribution >= 0.6 is 0 Å². The predicted octanol–water partition coefficient (Wildman–Crippen LogP) is 3.15. The Morgan fingerprint density at radius 3 is 2.28 bits per heavy atom. The van der Waals surface area contributed by atoms with Gasteiger partial charge in [-0.05, 0) is 23.3 Å². The maximum absolute atomic E-state index is 11.5. The fraction of sp³-hybridized carbons (Fsp3) is 0.133. The van der Waals surface area contributed by atoms with E-state index in [0.29, 0.717) is 11.3 Å². The standard InChI is InChI=1S/C15H14O3/c1-17-14-10-12(11-6-4-3-5-7-11)8-9-13(14)15(16)18-2/h3-10H,1-2H3. The first-order chi connectivity index (χ1) is 8.76. The van der Waals surface area contributed by atoms with Crippen molar-refractivity contribution in [2.24, 2.45) is 0 Å².